The van der Waals surface area contributed by atoms with Crippen molar-refractivity contribution in [1.82, 2.24) is 9.97 Å². The van der Waals surface area contributed by atoms with E-state index in [1.165, 1.54) is 25.6 Å². The largest absolute Gasteiger partial charge is 0.497 e. The first kappa shape index (κ1) is 10.8. The van der Waals surface area contributed by atoms with Gasteiger partial charge in [0.05, 0.1) is 7.11 Å². The van der Waals surface area contributed by atoms with E-state index in [9.17, 15) is 4.39 Å². The smallest absolute Gasteiger partial charge is 0.222 e. The maximum Gasteiger partial charge on any atom is 0.222 e. The number of hydrogen-bond acceptors (Lipinski definition) is 3. The van der Waals surface area contributed by atoms with Gasteiger partial charge in [0.2, 0.25) is 5.28 Å². The molecule has 0 radical (unpaired) electrons. The molecule has 82 valence electrons. The van der Waals surface area contributed by atoms with Gasteiger partial charge in [0.15, 0.2) is 0 Å². The van der Waals surface area contributed by atoms with Gasteiger partial charge in [-0.15, -0.1) is 0 Å². The predicted octanol–water partition coefficient (Wildman–Crippen LogP) is 2.94. The van der Waals surface area contributed by atoms with Gasteiger partial charge < -0.3 is 4.74 Å². The van der Waals surface area contributed by atoms with Gasteiger partial charge in [-0.1, -0.05) is 0 Å². The molecule has 0 aliphatic rings. The molecule has 3 nitrogen and oxygen atoms in total. The Morgan fingerprint density at radius 1 is 1.25 bits per heavy atom. The molecule has 2 aromatic rings. The van der Waals surface area contributed by atoms with Gasteiger partial charge in [0, 0.05) is 23.5 Å². The zero-order valence-electron chi connectivity index (χ0n) is 8.45. The number of methoxy groups -OCH3 is 1. The van der Waals surface area contributed by atoms with Crippen LogP contribution in [-0.4, -0.2) is 17.1 Å². The lowest BCUT2D eigenvalue weighted by Gasteiger charge is -2.05. The van der Waals surface area contributed by atoms with Crippen molar-refractivity contribution in [2.75, 3.05) is 7.11 Å². The third-order valence-corrected chi connectivity index (χ3v) is 2.30. The van der Waals surface area contributed by atoms with E-state index >= 15 is 0 Å². The quantitative estimate of drug-likeness (QED) is 0.755. The first-order chi connectivity index (χ1) is 7.70. The second-order valence-corrected chi connectivity index (χ2v) is 3.42. The molecule has 2 rings (SSSR count). The van der Waals surface area contributed by atoms with Gasteiger partial charge >= 0.3 is 0 Å². The predicted molar refractivity (Wildman–Crippen MR) is 59.0 cm³/mol. The van der Waals surface area contributed by atoms with Crippen molar-refractivity contribution in [3.8, 4) is 16.9 Å². The zero-order chi connectivity index (χ0) is 11.5. The summed E-state index contributed by atoms with van der Waals surface area (Å²) in [6.45, 7) is 0. The molecule has 16 heavy (non-hydrogen) atoms. The molecule has 0 amide bonds. The fraction of sp³-hybridized carbons (Fsp3) is 0.0909. The van der Waals surface area contributed by atoms with E-state index in [-0.39, 0.29) is 11.1 Å². The van der Waals surface area contributed by atoms with Gasteiger partial charge in [0.25, 0.3) is 0 Å². The Balaban J connectivity index is 2.50. The Bertz CT molecular complexity index is 502. The van der Waals surface area contributed by atoms with Gasteiger partial charge in [-0.2, -0.15) is 0 Å². The summed E-state index contributed by atoms with van der Waals surface area (Å²) in [5, 5.41) is 0.132. The van der Waals surface area contributed by atoms with Crippen molar-refractivity contribution in [2.45, 2.75) is 0 Å². The highest BCUT2D eigenvalue weighted by Crippen LogP contribution is 2.26. The van der Waals surface area contributed by atoms with Crippen LogP contribution in [0.2, 0.25) is 5.28 Å². The Morgan fingerprint density at radius 3 is 2.56 bits per heavy atom. The molecular formula is C11H8ClFN2O. The number of ether oxygens (including phenoxy) is 1. The molecule has 0 unspecified atom stereocenters. The normalized spacial score (nSPS) is 10.2. The molecule has 0 spiro atoms. The van der Waals surface area contributed by atoms with Crippen LogP contribution in [0.3, 0.4) is 0 Å². The summed E-state index contributed by atoms with van der Waals surface area (Å²) in [7, 11) is 1.52. The van der Waals surface area contributed by atoms with Crippen LogP contribution in [0, 0.1) is 5.82 Å². The molecule has 0 aliphatic carbocycles. The fourth-order valence-corrected chi connectivity index (χ4v) is 1.40. The van der Waals surface area contributed by atoms with Crippen LogP contribution in [-0.2, 0) is 0 Å². The van der Waals surface area contributed by atoms with Crippen molar-refractivity contribution < 1.29 is 9.13 Å². The third kappa shape index (κ3) is 2.12. The Kier molecular flexibility index (Phi) is 3.01. The summed E-state index contributed by atoms with van der Waals surface area (Å²) in [4.78, 5) is 7.60. The van der Waals surface area contributed by atoms with Crippen LogP contribution >= 0.6 is 11.6 Å². The van der Waals surface area contributed by atoms with Crippen LogP contribution in [0.4, 0.5) is 4.39 Å². The van der Waals surface area contributed by atoms with Crippen LogP contribution in [0.1, 0.15) is 0 Å². The van der Waals surface area contributed by atoms with Crippen molar-refractivity contribution in [3.63, 3.8) is 0 Å². The van der Waals surface area contributed by atoms with Crippen molar-refractivity contribution in [3.05, 3.63) is 41.7 Å². The summed E-state index contributed by atoms with van der Waals surface area (Å²) in [6, 6.07) is 4.47. The second-order valence-electron chi connectivity index (χ2n) is 3.09. The van der Waals surface area contributed by atoms with E-state index in [0.717, 1.165) is 0 Å². The number of rotatable bonds is 2. The number of aromatic nitrogens is 2. The second kappa shape index (κ2) is 4.45. The summed E-state index contributed by atoms with van der Waals surface area (Å²) < 4.78 is 18.6. The molecule has 0 bridgehead atoms. The summed E-state index contributed by atoms with van der Waals surface area (Å²) in [6.07, 6.45) is 2.93. The molecule has 0 fully saturated rings. The van der Waals surface area contributed by atoms with E-state index in [4.69, 9.17) is 16.3 Å². The Labute approximate surface area is 96.9 Å². The van der Waals surface area contributed by atoms with Crippen molar-refractivity contribution in [1.29, 1.82) is 0 Å². The van der Waals surface area contributed by atoms with E-state index in [1.807, 2.05) is 0 Å². The molecule has 0 atom stereocenters. The Morgan fingerprint density at radius 2 is 1.94 bits per heavy atom. The van der Waals surface area contributed by atoms with E-state index in [1.54, 1.807) is 12.1 Å². The Hall–Kier alpha value is -1.68. The number of nitrogens with zero attached hydrogens (tertiary/aromatic N) is 2. The lowest BCUT2D eigenvalue weighted by Crippen LogP contribution is -1.90. The van der Waals surface area contributed by atoms with Gasteiger partial charge in [-0.25, -0.2) is 14.4 Å². The molecular weight excluding hydrogens is 231 g/mol. The average Bonchev–Trinajstić information content (AvgIpc) is 2.31. The molecule has 0 N–H and O–H groups in total. The van der Waals surface area contributed by atoms with Gasteiger partial charge in [0.1, 0.15) is 11.6 Å². The molecule has 0 aliphatic heterocycles. The third-order valence-electron chi connectivity index (χ3n) is 2.10. The minimum atomic E-state index is -0.355. The number of hydrogen-bond donors (Lipinski definition) is 0. The standard InChI is InChI=1S/C11H8ClFN2O/c1-16-8-2-3-10(13)9(4-8)7-5-14-11(12)15-6-7/h2-6H,1H3. The molecule has 5 heteroatoms. The van der Waals surface area contributed by atoms with E-state index in [2.05, 4.69) is 9.97 Å². The highest BCUT2D eigenvalue weighted by molar-refractivity contribution is 6.28. The highest BCUT2D eigenvalue weighted by atomic mass is 35.5. The maximum absolute atomic E-state index is 13.5. The molecule has 0 saturated heterocycles. The molecule has 1 aromatic carbocycles. The van der Waals surface area contributed by atoms with Crippen molar-refractivity contribution >= 4 is 11.6 Å². The zero-order valence-corrected chi connectivity index (χ0v) is 9.20. The monoisotopic (exact) mass is 238 g/mol. The summed E-state index contributed by atoms with van der Waals surface area (Å²) in [5.41, 5.74) is 0.941. The first-order valence-electron chi connectivity index (χ1n) is 4.52. The molecule has 1 aromatic heterocycles. The molecule has 1 heterocycles. The molecule has 0 saturated carbocycles. The van der Waals surface area contributed by atoms with E-state index < -0.39 is 0 Å². The summed E-state index contributed by atoms with van der Waals surface area (Å²) in [5.74, 6) is 0.220. The van der Waals surface area contributed by atoms with Gasteiger partial charge in [-0.05, 0) is 29.8 Å². The number of halogens is 2. The average molecular weight is 239 g/mol. The SMILES string of the molecule is COc1ccc(F)c(-c2cnc(Cl)nc2)c1. The lowest BCUT2D eigenvalue weighted by molar-refractivity contribution is 0.414. The van der Waals surface area contributed by atoms with Gasteiger partial charge in [-0.3, -0.25) is 0 Å². The van der Waals surface area contributed by atoms with Crippen LogP contribution in [0.5, 0.6) is 5.75 Å². The number of benzene rings is 1. The topological polar surface area (TPSA) is 35.0 Å². The van der Waals surface area contributed by atoms with Crippen LogP contribution < -0.4 is 4.74 Å². The van der Waals surface area contributed by atoms with Crippen LogP contribution in [0.25, 0.3) is 11.1 Å². The van der Waals surface area contributed by atoms with E-state index in [0.29, 0.717) is 16.9 Å². The minimum absolute atomic E-state index is 0.132. The maximum atomic E-state index is 13.5. The minimum Gasteiger partial charge on any atom is -0.497 e. The first-order valence-corrected chi connectivity index (χ1v) is 4.90. The fourth-order valence-electron chi connectivity index (χ4n) is 1.30. The van der Waals surface area contributed by atoms with Crippen molar-refractivity contribution in [2.24, 2.45) is 0 Å². The highest BCUT2D eigenvalue weighted by Gasteiger charge is 2.07. The summed E-state index contributed by atoms with van der Waals surface area (Å²) >= 11 is 5.56. The van der Waals surface area contributed by atoms with Crippen LogP contribution in [0.15, 0.2) is 30.6 Å². The lowest BCUT2D eigenvalue weighted by atomic mass is 10.1.